The molecular weight excluding hydrogens is 402 g/mol. The highest BCUT2D eigenvalue weighted by Crippen LogP contribution is 2.32. The van der Waals surface area contributed by atoms with Gasteiger partial charge >= 0.3 is 0 Å². The fourth-order valence-electron chi connectivity index (χ4n) is 3.22. The van der Waals surface area contributed by atoms with Gasteiger partial charge in [-0.25, -0.2) is 0 Å². The van der Waals surface area contributed by atoms with Crippen LogP contribution < -0.4 is 14.8 Å². The zero-order chi connectivity index (χ0) is 21.3. The second kappa shape index (κ2) is 8.04. The molecule has 1 amide bonds. The number of furan rings is 1. The van der Waals surface area contributed by atoms with Crippen molar-refractivity contribution < 1.29 is 23.5 Å². The fourth-order valence-corrected chi connectivity index (χ4v) is 3.84. The number of aryl methyl sites for hydroxylation is 1. The average Bonchev–Trinajstić information content (AvgIpc) is 3.41. The number of carbonyl (C=O) groups is 2. The Kier molecular flexibility index (Phi) is 5.29. The Bertz CT molecular complexity index is 1240. The monoisotopic (exact) mass is 421 g/mol. The van der Waals surface area contributed by atoms with E-state index >= 15 is 0 Å². The molecule has 0 spiro atoms. The smallest absolute Gasteiger partial charge is 0.265 e. The second-order valence-corrected chi connectivity index (χ2v) is 7.55. The van der Waals surface area contributed by atoms with Crippen LogP contribution in [0.2, 0.25) is 0 Å². The lowest BCUT2D eigenvalue weighted by molar-refractivity contribution is 0.101. The third-order valence-electron chi connectivity index (χ3n) is 4.79. The number of methoxy groups -OCH3 is 2. The van der Waals surface area contributed by atoms with Gasteiger partial charge in [0.25, 0.3) is 5.91 Å². The fraction of sp³-hybridized carbons (Fsp3) is 0.130. The molecule has 1 N–H and O–H groups in total. The van der Waals surface area contributed by atoms with Gasteiger partial charge in [0.2, 0.25) is 5.78 Å². The predicted molar refractivity (Wildman–Crippen MR) is 116 cm³/mol. The molecule has 6 nitrogen and oxygen atoms in total. The molecule has 0 fully saturated rings. The number of rotatable bonds is 6. The van der Waals surface area contributed by atoms with Crippen LogP contribution in [-0.4, -0.2) is 25.9 Å². The van der Waals surface area contributed by atoms with Gasteiger partial charge in [0.15, 0.2) is 17.3 Å². The van der Waals surface area contributed by atoms with E-state index < -0.39 is 0 Å². The van der Waals surface area contributed by atoms with Crippen LogP contribution in [0.15, 0.2) is 58.3 Å². The van der Waals surface area contributed by atoms with Gasteiger partial charge in [0.1, 0.15) is 5.58 Å². The lowest BCUT2D eigenvalue weighted by atomic mass is 10.0. The number of ketones is 1. The maximum Gasteiger partial charge on any atom is 0.265 e. The molecular formula is C23H19NO5S. The number of fused-ring (bicyclic) bond motifs is 1. The Hall–Kier alpha value is -3.58. The first-order valence-corrected chi connectivity index (χ1v) is 10.0. The molecule has 4 rings (SSSR count). The largest absolute Gasteiger partial charge is 0.493 e. The van der Waals surface area contributed by atoms with Crippen LogP contribution in [0.3, 0.4) is 0 Å². The highest BCUT2D eigenvalue weighted by molar-refractivity contribution is 7.12. The summed E-state index contributed by atoms with van der Waals surface area (Å²) in [6.45, 7) is 1.82. The number of ether oxygens (including phenoxy) is 2. The standard InChI is InChI=1S/C23H19NO5S/c1-13-16-12-15(24-23(26)20-5-4-10-30-20)7-9-17(16)29-22(13)21(25)14-6-8-18(27-2)19(11-14)28-3/h4-12H,1-3H3,(H,24,26). The SMILES string of the molecule is COc1ccc(C(=O)c2oc3ccc(NC(=O)c4cccs4)cc3c2C)cc1OC. The van der Waals surface area contributed by atoms with Crippen molar-refractivity contribution in [2.45, 2.75) is 6.92 Å². The summed E-state index contributed by atoms with van der Waals surface area (Å²) in [7, 11) is 3.06. The Morgan fingerprint density at radius 3 is 2.50 bits per heavy atom. The third kappa shape index (κ3) is 3.55. The first-order chi connectivity index (χ1) is 14.5. The molecule has 0 aliphatic heterocycles. The van der Waals surface area contributed by atoms with Crippen molar-refractivity contribution in [1.29, 1.82) is 0 Å². The molecule has 0 aliphatic carbocycles. The quantitative estimate of drug-likeness (QED) is 0.427. The zero-order valence-corrected chi connectivity index (χ0v) is 17.5. The van der Waals surface area contributed by atoms with Crippen LogP contribution in [0.5, 0.6) is 11.5 Å². The molecule has 7 heteroatoms. The van der Waals surface area contributed by atoms with Crippen LogP contribution in [0, 0.1) is 6.92 Å². The summed E-state index contributed by atoms with van der Waals surface area (Å²) in [5.74, 6) is 0.831. The summed E-state index contributed by atoms with van der Waals surface area (Å²) in [5, 5.41) is 5.49. The Balaban J connectivity index is 1.66. The summed E-state index contributed by atoms with van der Waals surface area (Å²) < 4.78 is 16.4. The molecule has 0 atom stereocenters. The molecule has 0 radical (unpaired) electrons. The minimum absolute atomic E-state index is 0.174. The number of benzene rings is 2. The van der Waals surface area contributed by atoms with Gasteiger partial charge in [0.05, 0.1) is 19.1 Å². The molecule has 2 aromatic carbocycles. The number of amides is 1. The van der Waals surface area contributed by atoms with Crippen LogP contribution >= 0.6 is 11.3 Å². The number of hydrogen-bond donors (Lipinski definition) is 1. The van der Waals surface area contributed by atoms with Crippen LogP contribution in [0.1, 0.15) is 31.4 Å². The maximum absolute atomic E-state index is 13.1. The Labute approximate surface area is 177 Å². The zero-order valence-electron chi connectivity index (χ0n) is 16.6. The summed E-state index contributed by atoms with van der Waals surface area (Å²) in [6, 6.07) is 13.9. The second-order valence-electron chi connectivity index (χ2n) is 6.60. The van der Waals surface area contributed by atoms with Gasteiger partial charge in [-0.2, -0.15) is 0 Å². The molecule has 0 unspecified atom stereocenters. The molecule has 0 bridgehead atoms. The highest BCUT2D eigenvalue weighted by Gasteiger charge is 2.21. The van der Waals surface area contributed by atoms with Gasteiger partial charge < -0.3 is 19.2 Å². The molecule has 152 valence electrons. The van der Waals surface area contributed by atoms with E-state index in [9.17, 15) is 9.59 Å². The summed E-state index contributed by atoms with van der Waals surface area (Å²) >= 11 is 1.37. The summed E-state index contributed by atoms with van der Waals surface area (Å²) in [5.41, 5.74) is 2.35. The maximum atomic E-state index is 13.1. The van der Waals surface area contributed by atoms with Crippen molar-refractivity contribution in [2.24, 2.45) is 0 Å². The first kappa shape index (κ1) is 19.7. The topological polar surface area (TPSA) is 77.8 Å². The van der Waals surface area contributed by atoms with E-state index in [2.05, 4.69) is 5.32 Å². The number of thiophene rings is 1. The number of anilines is 1. The van der Waals surface area contributed by atoms with E-state index in [1.807, 2.05) is 24.4 Å². The molecule has 0 saturated carbocycles. The normalized spacial score (nSPS) is 10.8. The Morgan fingerprint density at radius 1 is 1.00 bits per heavy atom. The van der Waals surface area contributed by atoms with E-state index in [1.165, 1.54) is 25.6 Å². The van der Waals surface area contributed by atoms with Crippen LogP contribution in [-0.2, 0) is 0 Å². The van der Waals surface area contributed by atoms with Gasteiger partial charge in [-0.15, -0.1) is 11.3 Å². The van der Waals surface area contributed by atoms with E-state index in [4.69, 9.17) is 13.9 Å². The van der Waals surface area contributed by atoms with Gasteiger partial charge in [-0.3, -0.25) is 9.59 Å². The van der Waals surface area contributed by atoms with Crippen molar-refractivity contribution in [3.05, 3.63) is 75.7 Å². The molecule has 0 saturated heterocycles. The predicted octanol–water partition coefficient (Wildman–Crippen LogP) is 5.30. The van der Waals surface area contributed by atoms with Crippen molar-refractivity contribution in [3.8, 4) is 11.5 Å². The molecule has 30 heavy (non-hydrogen) atoms. The minimum atomic E-state index is -0.256. The number of carbonyl (C=O) groups excluding carboxylic acids is 2. The van der Waals surface area contributed by atoms with Crippen molar-refractivity contribution in [2.75, 3.05) is 19.5 Å². The number of nitrogens with one attached hydrogen (secondary N) is 1. The lowest BCUT2D eigenvalue weighted by Crippen LogP contribution is -2.09. The number of hydrogen-bond acceptors (Lipinski definition) is 6. The molecule has 2 aromatic heterocycles. The van der Waals surface area contributed by atoms with Crippen LogP contribution in [0.4, 0.5) is 5.69 Å². The molecule has 2 heterocycles. The van der Waals surface area contributed by atoms with E-state index in [0.717, 1.165) is 5.39 Å². The van der Waals surface area contributed by atoms with Crippen molar-refractivity contribution in [1.82, 2.24) is 0 Å². The average molecular weight is 421 g/mol. The molecule has 4 aromatic rings. The summed E-state index contributed by atoms with van der Waals surface area (Å²) in [6.07, 6.45) is 0. The van der Waals surface area contributed by atoms with E-state index in [0.29, 0.717) is 38.8 Å². The third-order valence-corrected chi connectivity index (χ3v) is 5.66. The van der Waals surface area contributed by atoms with Gasteiger partial charge in [0, 0.05) is 22.2 Å². The first-order valence-electron chi connectivity index (χ1n) is 9.16. The van der Waals surface area contributed by atoms with E-state index in [1.54, 1.807) is 36.4 Å². The van der Waals surface area contributed by atoms with Gasteiger partial charge in [-0.05, 0) is 54.8 Å². The molecule has 0 aliphatic rings. The highest BCUT2D eigenvalue weighted by atomic mass is 32.1. The van der Waals surface area contributed by atoms with Crippen LogP contribution in [0.25, 0.3) is 11.0 Å². The van der Waals surface area contributed by atoms with Crippen molar-refractivity contribution >= 4 is 39.7 Å². The van der Waals surface area contributed by atoms with Crippen molar-refractivity contribution in [3.63, 3.8) is 0 Å². The summed E-state index contributed by atoms with van der Waals surface area (Å²) in [4.78, 5) is 26.0. The lowest BCUT2D eigenvalue weighted by Gasteiger charge is -2.08. The minimum Gasteiger partial charge on any atom is -0.493 e. The van der Waals surface area contributed by atoms with Gasteiger partial charge in [-0.1, -0.05) is 6.07 Å². The van der Waals surface area contributed by atoms with E-state index in [-0.39, 0.29) is 17.5 Å². The Morgan fingerprint density at radius 2 is 1.80 bits per heavy atom.